The van der Waals surface area contributed by atoms with Gasteiger partial charge in [-0.15, -0.1) is 10.2 Å². The number of ether oxygens (including phenoxy) is 1. The summed E-state index contributed by atoms with van der Waals surface area (Å²) in [6.07, 6.45) is 3.46. The van der Waals surface area contributed by atoms with Crippen LogP contribution in [0.15, 0.2) is 72.8 Å². The van der Waals surface area contributed by atoms with E-state index in [0.29, 0.717) is 10.7 Å². The third kappa shape index (κ3) is 5.21. The first-order valence-electron chi connectivity index (χ1n) is 10.6. The van der Waals surface area contributed by atoms with Crippen molar-refractivity contribution >= 4 is 22.4 Å². The Kier molecular flexibility index (Phi) is 6.92. The molecule has 0 aliphatic rings. The normalized spacial score (nSPS) is 10.7. The molecule has 1 N–H and O–H groups in total. The molecule has 0 saturated carbocycles. The summed E-state index contributed by atoms with van der Waals surface area (Å²) in [6.45, 7) is 2.20. The van der Waals surface area contributed by atoms with Crippen molar-refractivity contribution < 1.29 is 9.53 Å². The number of nitrogens with zero attached hydrogens (tertiary/aromatic N) is 2. The Bertz CT molecular complexity index is 1170. The number of hydrogen-bond donors (Lipinski definition) is 1. The zero-order chi connectivity index (χ0) is 22.3. The lowest BCUT2D eigenvalue weighted by molar-refractivity contribution is 0.102. The van der Waals surface area contributed by atoms with Gasteiger partial charge < -0.3 is 4.74 Å². The van der Waals surface area contributed by atoms with Crippen molar-refractivity contribution in [2.75, 3.05) is 12.4 Å². The van der Waals surface area contributed by atoms with Crippen LogP contribution in [-0.2, 0) is 6.42 Å². The SMILES string of the molecule is CCCCc1ccc(-c2nnc(NC(=O)c3ccc(-c4ccc(OC)cc4)cc3)s2)cc1. The fourth-order valence-electron chi connectivity index (χ4n) is 3.35. The van der Waals surface area contributed by atoms with Gasteiger partial charge in [-0.1, -0.05) is 73.2 Å². The van der Waals surface area contributed by atoms with Gasteiger partial charge in [-0.3, -0.25) is 10.1 Å². The second-order valence-electron chi connectivity index (χ2n) is 7.47. The number of amides is 1. The summed E-state index contributed by atoms with van der Waals surface area (Å²) in [4.78, 5) is 12.6. The van der Waals surface area contributed by atoms with Crippen molar-refractivity contribution in [3.63, 3.8) is 0 Å². The Balaban J connectivity index is 1.40. The molecule has 0 radical (unpaired) electrons. The number of carbonyl (C=O) groups excluding carboxylic acids is 1. The smallest absolute Gasteiger partial charge is 0.257 e. The molecule has 1 heterocycles. The lowest BCUT2D eigenvalue weighted by atomic mass is 10.0. The molecule has 0 aliphatic heterocycles. The number of anilines is 1. The molecule has 0 unspecified atom stereocenters. The summed E-state index contributed by atoms with van der Waals surface area (Å²) >= 11 is 1.37. The van der Waals surface area contributed by atoms with E-state index in [-0.39, 0.29) is 5.91 Å². The number of benzene rings is 3. The summed E-state index contributed by atoms with van der Waals surface area (Å²) in [6, 6.07) is 23.7. The van der Waals surface area contributed by atoms with Crippen LogP contribution in [0.4, 0.5) is 5.13 Å². The van der Waals surface area contributed by atoms with Crippen molar-refractivity contribution in [2.24, 2.45) is 0 Å². The fraction of sp³-hybridized carbons (Fsp3) is 0.192. The molecule has 0 atom stereocenters. The average Bonchev–Trinajstić information content (AvgIpc) is 3.31. The Labute approximate surface area is 192 Å². The molecule has 0 fully saturated rings. The number of aromatic nitrogens is 2. The number of aryl methyl sites for hydroxylation is 1. The van der Waals surface area contributed by atoms with E-state index in [2.05, 4.69) is 46.7 Å². The minimum Gasteiger partial charge on any atom is -0.497 e. The van der Waals surface area contributed by atoms with E-state index in [9.17, 15) is 4.79 Å². The van der Waals surface area contributed by atoms with Gasteiger partial charge in [0.1, 0.15) is 10.8 Å². The van der Waals surface area contributed by atoms with Crippen LogP contribution < -0.4 is 10.1 Å². The number of unbranched alkanes of at least 4 members (excludes halogenated alkanes) is 1. The van der Waals surface area contributed by atoms with E-state index < -0.39 is 0 Å². The molecule has 4 rings (SSSR count). The quantitative estimate of drug-likeness (QED) is 0.339. The van der Waals surface area contributed by atoms with E-state index in [4.69, 9.17) is 4.74 Å². The molecule has 1 amide bonds. The standard InChI is InChI=1S/C26H25N3O2S/c1-3-4-5-18-6-8-22(9-7-18)25-28-29-26(32-25)27-24(30)21-12-10-19(11-13-21)20-14-16-23(31-2)17-15-20/h6-17H,3-5H2,1-2H3,(H,27,29,30). The molecular formula is C26H25N3O2S. The lowest BCUT2D eigenvalue weighted by Crippen LogP contribution is -2.11. The van der Waals surface area contributed by atoms with Gasteiger partial charge in [0.25, 0.3) is 5.91 Å². The number of nitrogens with one attached hydrogen (secondary N) is 1. The highest BCUT2D eigenvalue weighted by molar-refractivity contribution is 7.18. The Morgan fingerprint density at radius 2 is 1.50 bits per heavy atom. The van der Waals surface area contributed by atoms with E-state index in [1.54, 1.807) is 7.11 Å². The van der Waals surface area contributed by atoms with Crippen molar-refractivity contribution in [2.45, 2.75) is 26.2 Å². The topological polar surface area (TPSA) is 64.1 Å². The van der Waals surface area contributed by atoms with Crippen molar-refractivity contribution in [1.82, 2.24) is 10.2 Å². The molecule has 0 saturated heterocycles. The largest absolute Gasteiger partial charge is 0.497 e. The predicted molar refractivity (Wildman–Crippen MR) is 130 cm³/mol. The van der Waals surface area contributed by atoms with Gasteiger partial charge >= 0.3 is 0 Å². The monoisotopic (exact) mass is 443 g/mol. The maximum absolute atomic E-state index is 12.6. The van der Waals surface area contributed by atoms with Crippen LogP contribution in [0.3, 0.4) is 0 Å². The van der Waals surface area contributed by atoms with E-state index in [1.807, 2.05) is 48.5 Å². The third-order valence-electron chi connectivity index (χ3n) is 5.24. The van der Waals surface area contributed by atoms with Gasteiger partial charge in [0, 0.05) is 11.1 Å². The summed E-state index contributed by atoms with van der Waals surface area (Å²) in [5.74, 6) is 0.609. The van der Waals surface area contributed by atoms with Crippen LogP contribution in [0.1, 0.15) is 35.7 Å². The van der Waals surface area contributed by atoms with Gasteiger partial charge in [0.2, 0.25) is 5.13 Å². The van der Waals surface area contributed by atoms with Crippen LogP contribution >= 0.6 is 11.3 Å². The minimum absolute atomic E-state index is 0.205. The van der Waals surface area contributed by atoms with Crippen LogP contribution in [0.25, 0.3) is 21.7 Å². The summed E-state index contributed by atoms with van der Waals surface area (Å²) in [7, 11) is 1.65. The third-order valence-corrected chi connectivity index (χ3v) is 6.12. The van der Waals surface area contributed by atoms with E-state index in [0.717, 1.165) is 33.9 Å². The average molecular weight is 444 g/mol. The fourth-order valence-corrected chi connectivity index (χ4v) is 4.10. The molecule has 5 nitrogen and oxygen atoms in total. The highest BCUT2D eigenvalue weighted by atomic mass is 32.1. The molecule has 6 heteroatoms. The van der Waals surface area contributed by atoms with Crippen LogP contribution in [0.5, 0.6) is 5.75 Å². The van der Waals surface area contributed by atoms with Gasteiger partial charge in [-0.05, 0) is 53.8 Å². The Morgan fingerprint density at radius 1 is 0.875 bits per heavy atom. The Morgan fingerprint density at radius 3 is 2.12 bits per heavy atom. The van der Waals surface area contributed by atoms with Crippen LogP contribution in [0, 0.1) is 0 Å². The van der Waals surface area contributed by atoms with Crippen molar-refractivity contribution in [3.8, 4) is 27.4 Å². The lowest BCUT2D eigenvalue weighted by Gasteiger charge is -2.05. The molecule has 1 aromatic heterocycles. The van der Waals surface area contributed by atoms with Gasteiger partial charge in [0.15, 0.2) is 0 Å². The number of hydrogen-bond acceptors (Lipinski definition) is 5. The summed E-state index contributed by atoms with van der Waals surface area (Å²) in [5, 5.41) is 12.5. The van der Waals surface area contributed by atoms with E-state index >= 15 is 0 Å². The maximum Gasteiger partial charge on any atom is 0.257 e. The Hall–Kier alpha value is -3.51. The first-order valence-corrected chi connectivity index (χ1v) is 11.5. The van der Waals surface area contributed by atoms with Crippen LogP contribution in [-0.4, -0.2) is 23.2 Å². The highest BCUT2D eigenvalue weighted by Crippen LogP contribution is 2.27. The molecule has 3 aromatic carbocycles. The molecule has 0 spiro atoms. The molecule has 4 aromatic rings. The summed E-state index contributed by atoms with van der Waals surface area (Å²) < 4.78 is 5.20. The van der Waals surface area contributed by atoms with Gasteiger partial charge in [0.05, 0.1) is 7.11 Å². The second kappa shape index (κ2) is 10.2. The van der Waals surface area contributed by atoms with Crippen LogP contribution in [0.2, 0.25) is 0 Å². The second-order valence-corrected chi connectivity index (χ2v) is 8.45. The maximum atomic E-state index is 12.6. The first kappa shape index (κ1) is 21.7. The molecule has 32 heavy (non-hydrogen) atoms. The number of rotatable bonds is 8. The number of carbonyl (C=O) groups is 1. The molecule has 0 aliphatic carbocycles. The van der Waals surface area contributed by atoms with Crippen molar-refractivity contribution in [3.05, 3.63) is 83.9 Å². The van der Waals surface area contributed by atoms with E-state index in [1.165, 1.54) is 29.7 Å². The molecule has 0 bridgehead atoms. The van der Waals surface area contributed by atoms with Crippen molar-refractivity contribution in [1.29, 1.82) is 0 Å². The van der Waals surface area contributed by atoms with Gasteiger partial charge in [-0.2, -0.15) is 0 Å². The molecule has 162 valence electrons. The zero-order valence-corrected chi connectivity index (χ0v) is 19.0. The molecular weight excluding hydrogens is 418 g/mol. The van der Waals surface area contributed by atoms with Gasteiger partial charge in [-0.25, -0.2) is 0 Å². The predicted octanol–water partition coefficient (Wildman–Crippen LogP) is 6.48. The minimum atomic E-state index is -0.205. The highest BCUT2D eigenvalue weighted by Gasteiger charge is 2.12. The first-order chi connectivity index (χ1) is 15.7. The summed E-state index contributed by atoms with van der Waals surface area (Å²) in [5.41, 5.74) is 5.00. The number of methoxy groups -OCH3 is 1. The zero-order valence-electron chi connectivity index (χ0n) is 18.2.